The van der Waals surface area contributed by atoms with E-state index < -0.39 is 5.60 Å². The molecule has 2 aliphatic rings. The fourth-order valence-corrected chi connectivity index (χ4v) is 5.05. The van der Waals surface area contributed by atoms with Crippen LogP contribution < -0.4 is 0 Å². The van der Waals surface area contributed by atoms with Crippen molar-refractivity contribution in [3.05, 3.63) is 89.0 Å². The molecule has 1 aliphatic carbocycles. The van der Waals surface area contributed by atoms with E-state index in [9.17, 15) is 5.11 Å². The first-order chi connectivity index (χ1) is 17.0. The molecule has 3 atom stereocenters. The van der Waals surface area contributed by atoms with Crippen LogP contribution >= 0.6 is 0 Å². The van der Waals surface area contributed by atoms with Gasteiger partial charge in [-0.2, -0.15) is 0 Å². The molecule has 0 amide bonds. The molecule has 0 radical (unpaired) electrons. The van der Waals surface area contributed by atoms with Gasteiger partial charge in [0.05, 0.1) is 28.1 Å². The molecular formula is C28H27N5O2. The van der Waals surface area contributed by atoms with Crippen LogP contribution in [0.1, 0.15) is 54.2 Å². The number of nitrogens with zero attached hydrogens (tertiary/aromatic N) is 4. The Kier molecular flexibility index (Phi) is 5.04. The Labute approximate surface area is 203 Å². The highest BCUT2D eigenvalue weighted by Crippen LogP contribution is 2.48. The van der Waals surface area contributed by atoms with E-state index in [1.165, 1.54) is 0 Å². The number of H-pyrrole nitrogens is 1. The maximum absolute atomic E-state index is 12.6. The second-order valence-corrected chi connectivity index (χ2v) is 9.52. The van der Waals surface area contributed by atoms with Gasteiger partial charge in [0.15, 0.2) is 5.60 Å². The van der Waals surface area contributed by atoms with Gasteiger partial charge < -0.3 is 14.6 Å². The Hall–Kier alpha value is -3.84. The Morgan fingerprint density at radius 3 is 2.77 bits per heavy atom. The molecule has 6 rings (SSSR count). The number of aryl methyl sites for hydroxylation is 2. The van der Waals surface area contributed by atoms with Crippen molar-refractivity contribution in [2.45, 2.75) is 45.1 Å². The highest BCUT2D eigenvalue weighted by molar-refractivity contribution is 5.88. The van der Waals surface area contributed by atoms with Gasteiger partial charge in [-0.05, 0) is 68.5 Å². The maximum Gasteiger partial charge on any atom is 0.176 e. The Morgan fingerprint density at radius 1 is 1.20 bits per heavy atom. The SMILES string of the molecule is Cc1noc(C)c1-c1cc(C(O)(C2=CCC=CC=N2)c2ccccn2)c2nc(C3CC3C)[nH]c2c1. The van der Waals surface area contributed by atoms with E-state index in [1.54, 1.807) is 12.4 Å². The highest BCUT2D eigenvalue weighted by Gasteiger charge is 2.42. The number of fused-ring (bicyclic) bond motifs is 1. The van der Waals surface area contributed by atoms with Crippen LogP contribution in [0.25, 0.3) is 22.2 Å². The summed E-state index contributed by atoms with van der Waals surface area (Å²) >= 11 is 0. The van der Waals surface area contributed by atoms with Gasteiger partial charge in [0.2, 0.25) is 0 Å². The number of rotatable bonds is 5. The van der Waals surface area contributed by atoms with Crippen molar-refractivity contribution in [3.8, 4) is 11.1 Å². The fourth-order valence-electron chi connectivity index (χ4n) is 5.05. The van der Waals surface area contributed by atoms with E-state index in [2.05, 4.69) is 33.1 Å². The summed E-state index contributed by atoms with van der Waals surface area (Å²) < 4.78 is 5.48. The van der Waals surface area contributed by atoms with Crippen molar-refractivity contribution in [3.63, 3.8) is 0 Å². The van der Waals surface area contributed by atoms with Crippen LogP contribution in [0.2, 0.25) is 0 Å². The van der Waals surface area contributed by atoms with Crippen molar-refractivity contribution in [1.29, 1.82) is 0 Å². The molecular weight excluding hydrogens is 438 g/mol. The summed E-state index contributed by atoms with van der Waals surface area (Å²) in [7, 11) is 0. The van der Waals surface area contributed by atoms with Gasteiger partial charge in [0, 0.05) is 29.5 Å². The fraction of sp³-hybridized carbons (Fsp3) is 0.286. The van der Waals surface area contributed by atoms with Crippen molar-refractivity contribution < 1.29 is 9.63 Å². The maximum atomic E-state index is 12.6. The monoisotopic (exact) mass is 465 g/mol. The number of nitrogens with one attached hydrogen (secondary N) is 1. The van der Waals surface area contributed by atoms with Crippen molar-refractivity contribution >= 4 is 17.2 Å². The lowest BCUT2D eigenvalue weighted by Gasteiger charge is -2.29. The summed E-state index contributed by atoms with van der Waals surface area (Å²) in [5, 5.41) is 16.8. The number of imidazole rings is 1. The van der Waals surface area contributed by atoms with Crippen LogP contribution in [0, 0.1) is 19.8 Å². The van der Waals surface area contributed by atoms with E-state index in [-0.39, 0.29) is 0 Å². The van der Waals surface area contributed by atoms with Gasteiger partial charge in [0.1, 0.15) is 11.6 Å². The third-order valence-electron chi connectivity index (χ3n) is 7.07. The lowest BCUT2D eigenvalue weighted by atomic mass is 9.83. The van der Waals surface area contributed by atoms with Crippen LogP contribution in [0.4, 0.5) is 0 Å². The second kappa shape index (κ2) is 8.13. The first-order valence-corrected chi connectivity index (χ1v) is 12.0. The van der Waals surface area contributed by atoms with Crippen LogP contribution in [-0.4, -0.2) is 31.4 Å². The number of aliphatic hydroxyl groups is 1. The molecule has 1 aliphatic heterocycles. The molecule has 0 spiro atoms. The molecule has 1 saturated carbocycles. The predicted molar refractivity (Wildman–Crippen MR) is 135 cm³/mol. The topological polar surface area (TPSA) is 100 Å². The lowest BCUT2D eigenvalue weighted by molar-refractivity contribution is 0.116. The molecule has 4 heterocycles. The smallest absolute Gasteiger partial charge is 0.176 e. The Bertz CT molecular complexity index is 1490. The third-order valence-corrected chi connectivity index (χ3v) is 7.07. The first-order valence-electron chi connectivity index (χ1n) is 12.0. The number of aromatic amines is 1. The van der Waals surface area contributed by atoms with Crippen LogP contribution in [0.3, 0.4) is 0 Å². The van der Waals surface area contributed by atoms with Gasteiger partial charge in [-0.25, -0.2) is 4.98 Å². The number of pyridine rings is 1. The average molecular weight is 466 g/mol. The van der Waals surface area contributed by atoms with Gasteiger partial charge >= 0.3 is 0 Å². The van der Waals surface area contributed by atoms with Crippen molar-refractivity contribution in [2.24, 2.45) is 10.9 Å². The number of hydrogen-bond donors (Lipinski definition) is 2. The standard InChI is InChI=1S/C28H27N5O2/c1-16-13-20(16)27-31-22-15-19(25-17(2)33-35-18(25)3)14-21(26(22)32-27)28(34,24-10-6-8-12-30-24)23-9-5-4-7-11-29-23/h4,6-12,14-16,20,34H,5,13H2,1-3H3,(H,31,32). The zero-order valence-electron chi connectivity index (χ0n) is 20.0. The summed E-state index contributed by atoms with van der Waals surface area (Å²) in [5.74, 6) is 2.67. The minimum atomic E-state index is -1.61. The van der Waals surface area contributed by atoms with Gasteiger partial charge in [-0.1, -0.05) is 30.3 Å². The molecule has 1 fully saturated rings. The van der Waals surface area contributed by atoms with Gasteiger partial charge in [-0.3, -0.25) is 9.98 Å². The molecule has 3 aromatic heterocycles. The molecule has 7 nitrogen and oxygen atoms in total. The molecule has 35 heavy (non-hydrogen) atoms. The zero-order valence-corrected chi connectivity index (χ0v) is 20.0. The predicted octanol–water partition coefficient (Wildman–Crippen LogP) is 5.50. The van der Waals surface area contributed by atoms with E-state index in [1.807, 2.05) is 56.3 Å². The van der Waals surface area contributed by atoms with E-state index >= 15 is 0 Å². The number of allylic oxidation sites excluding steroid dienone is 3. The van der Waals surface area contributed by atoms with E-state index in [0.29, 0.717) is 35.2 Å². The van der Waals surface area contributed by atoms with Gasteiger partial charge in [0.25, 0.3) is 0 Å². The summed E-state index contributed by atoms with van der Waals surface area (Å²) in [6, 6.07) is 9.61. The largest absolute Gasteiger partial charge is 0.373 e. The first kappa shape index (κ1) is 21.7. The van der Waals surface area contributed by atoms with Gasteiger partial charge in [-0.15, -0.1) is 0 Å². The van der Waals surface area contributed by atoms with E-state index in [4.69, 9.17) is 9.51 Å². The lowest BCUT2D eigenvalue weighted by Crippen LogP contribution is -2.31. The average Bonchev–Trinajstić information content (AvgIpc) is 3.43. The number of hydrogen-bond acceptors (Lipinski definition) is 6. The van der Waals surface area contributed by atoms with E-state index in [0.717, 1.165) is 45.9 Å². The molecule has 2 N–H and O–H groups in total. The van der Waals surface area contributed by atoms with Crippen molar-refractivity contribution in [1.82, 2.24) is 20.1 Å². The Morgan fingerprint density at radius 2 is 2.06 bits per heavy atom. The summed E-state index contributed by atoms with van der Waals surface area (Å²) in [6.07, 6.45) is 11.0. The normalized spacial score (nSPS) is 21.1. The quantitative estimate of drug-likeness (QED) is 0.405. The number of benzene rings is 1. The molecule has 7 heteroatoms. The molecule has 3 unspecified atom stereocenters. The summed E-state index contributed by atoms with van der Waals surface area (Å²) in [4.78, 5) is 17.8. The molecule has 0 saturated heterocycles. The molecule has 176 valence electrons. The van der Waals surface area contributed by atoms with Crippen molar-refractivity contribution in [2.75, 3.05) is 0 Å². The number of aliphatic imine (C=N–C) groups is 1. The minimum Gasteiger partial charge on any atom is -0.373 e. The second-order valence-electron chi connectivity index (χ2n) is 9.52. The minimum absolute atomic E-state index is 0.403. The van der Waals surface area contributed by atoms with Crippen LogP contribution in [0.5, 0.6) is 0 Å². The Balaban J connectivity index is 1.67. The van der Waals surface area contributed by atoms with Crippen LogP contribution in [-0.2, 0) is 5.60 Å². The summed E-state index contributed by atoms with van der Waals surface area (Å²) in [6.45, 7) is 6.06. The zero-order chi connectivity index (χ0) is 24.2. The van der Waals surface area contributed by atoms with Crippen LogP contribution in [0.15, 0.2) is 70.0 Å². The summed E-state index contributed by atoms with van der Waals surface area (Å²) in [5.41, 5.74) is 4.20. The molecule has 4 aromatic rings. The number of aromatic nitrogens is 4. The molecule has 0 bridgehead atoms. The highest BCUT2D eigenvalue weighted by atomic mass is 16.5. The molecule has 1 aromatic carbocycles. The third kappa shape index (κ3) is 3.54.